The molecule has 2 aromatic rings. The van der Waals surface area contributed by atoms with E-state index in [9.17, 15) is 19.5 Å². The topological polar surface area (TPSA) is 104 Å². The zero-order chi connectivity index (χ0) is 19.4. The largest absolute Gasteiger partial charge is 0.481 e. The molecule has 3 N–H and O–H groups in total. The number of hydrogen-bond donors (Lipinski definition) is 3. The first-order chi connectivity index (χ1) is 13.0. The lowest BCUT2D eigenvalue weighted by atomic mass is 9.96. The molecule has 0 aliphatic heterocycles. The van der Waals surface area contributed by atoms with Crippen LogP contribution in [0.3, 0.4) is 0 Å². The minimum atomic E-state index is -1.00. The highest BCUT2D eigenvalue weighted by molar-refractivity contribution is 5.92. The lowest BCUT2D eigenvalue weighted by Crippen LogP contribution is -2.31. The van der Waals surface area contributed by atoms with E-state index in [1.807, 2.05) is 25.1 Å². The SMILES string of the molecule is Cc1ccccc1[C@H](CC(=O)O)NC(=O)c1cc(=O)n(C2CCCCC2)[nH]1. The molecule has 1 saturated carbocycles. The van der Waals surface area contributed by atoms with Crippen molar-refractivity contribution >= 4 is 11.9 Å². The molecular formula is C20H25N3O4. The van der Waals surface area contributed by atoms with Gasteiger partial charge in [-0.2, -0.15) is 0 Å². The van der Waals surface area contributed by atoms with Gasteiger partial charge in [-0.25, -0.2) is 4.68 Å². The highest BCUT2D eigenvalue weighted by atomic mass is 16.4. The number of nitrogens with one attached hydrogen (secondary N) is 2. The van der Waals surface area contributed by atoms with E-state index in [1.54, 1.807) is 6.07 Å². The third kappa shape index (κ3) is 4.48. The van der Waals surface area contributed by atoms with Crippen molar-refractivity contribution in [2.45, 2.75) is 57.5 Å². The van der Waals surface area contributed by atoms with Crippen molar-refractivity contribution in [3.8, 4) is 0 Å². The maximum Gasteiger partial charge on any atom is 0.305 e. The minimum absolute atomic E-state index is 0.0963. The molecule has 1 amide bonds. The van der Waals surface area contributed by atoms with Gasteiger partial charge in [0.05, 0.1) is 18.5 Å². The smallest absolute Gasteiger partial charge is 0.305 e. The van der Waals surface area contributed by atoms with Crippen molar-refractivity contribution in [1.29, 1.82) is 0 Å². The maximum absolute atomic E-state index is 12.7. The van der Waals surface area contributed by atoms with E-state index in [1.165, 1.54) is 17.2 Å². The first-order valence-electron chi connectivity index (χ1n) is 9.35. The van der Waals surface area contributed by atoms with Crippen LogP contribution in [0, 0.1) is 6.92 Å². The Bertz CT molecular complexity index is 877. The Morgan fingerprint density at radius 3 is 2.63 bits per heavy atom. The van der Waals surface area contributed by atoms with E-state index in [-0.39, 0.29) is 23.7 Å². The molecule has 7 heteroatoms. The van der Waals surface area contributed by atoms with E-state index < -0.39 is 17.9 Å². The number of carboxylic acids is 1. The van der Waals surface area contributed by atoms with E-state index in [0.717, 1.165) is 36.8 Å². The number of aryl methyl sites for hydroxylation is 1. The summed E-state index contributed by atoms with van der Waals surface area (Å²) in [4.78, 5) is 36.2. The number of benzene rings is 1. The van der Waals surface area contributed by atoms with Gasteiger partial charge in [0.15, 0.2) is 0 Å². The van der Waals surface area contributed by atoms with Crippen molar-refractivity contribution in [2.75, 3.05) is 0 Å². The van der Waals surface area contributed by atoms with Crippen LogP contribution >= 0.6 is 0 Å². The number of amides is 1. The average molecular weight is 371 g/mol. The molecule has 1 fully saturated rings. The molecule has 1 aliphatic rings. The summed E-state index contributed by atoms with van der Waals surface area (Å²) >= 11 is 0. The van der Waals surface area contributed by atoms with Crippen LogP contribution in [0.15, 0.2) is 35.1 Å². The Morgan fingerprint density at radius 2 is 1.96 bits per heavy atom. The molecule has 3 rings (SSSR count). The van der Waals surface area contributed by atoms with Crippen LogP contribution in [0.5, 0.6) is 0 Å². The van der Waals surface area contributed by atoms with Crippen LogP contribution in [0.25, 0.3) is 0 Å². The molecule has 1 aromatic heterocycles. The van der Waals surface area contributed by atoms with Crippen molar-refractivity contribution in [3.05, 3.63) is 57.5 Å². The molecule has 1 heterocycles. The maximum atomic E-state index is 12.7. The number of hydrogen-bond acceptors (Lipinski definition) is 3. The summed E-state index contributed by atoms with van der Waals surface area (Å²) in [5.74, 6) is -1.48. The van der Waals surface area contributed by atoms with Gasteiger partial charge in [-0.15, -0.1) is 0 Å². The minimum Gasteiger partial charge on any atom is -0.481 e. The molecule has 0 unspecified atom stereocenters. The lowest BCUT2D eigenvalue weighted by molar-refractivity contribution is -0.137. The number of carbonyl (C=O) groups is 2. The summed E-state index contributed by atoms with van der Waals surface area (Å²) in [6.45, 7) is 1.87. The number of carbonyl (C=O) groups excluding carboxylic acids is 1. The van der Waals surface area contributed by atoms with E-state index in [4.69, 9.17) is 0 Å². The highest BCUT2D eigenvalue weighted by Gasteiger charge is 2.23. The Labute approximate surface area is 157 Å². The van der Waals surface area contributed by atoms with Crippen molar-refractivity contribution in [3.63, 3.8) is 0 Å². The monoisotopic (exact) mass is 371 g/mol. The molecule has 0 spiro atoms. The number of H-pyrrole nitrogens is 1. The number of nitrogens with zero attached hydrogens (tertiary/aromatic N) is 1. The summed E-state index contributed by atoms with van der Waals surface area (Å²) in [5.41, 5.74) is 1.59. The number of aliphatic carboxylic acids is 1. The van der Waals surface area contributed by atoms with Crippen LogP contribution < -0.4 is 10.9 Å². The third-order valence-corrected chi connectivity index (χ3v) is 5.18. The van der Waals surface area contributed by atoms with E-state index in [2.05, 4.69) is 10.4 Å². The molecule has 1 aromatic carbocycles. The van der Waals surface area contributed by atoms with Gasteiger partial charge in [0.1, 0.15) is 5.69 Å². The second-order valence-electron chi connectivity index (χ2n) is 7.15. The Hall–Kier alpha value is -2.83. The van der Waals surface area contributed by atoms with Crippen LogP contribution in [0.2, 0.25) is 0 Å². The average Bonchev–Trinajstić information content (AvgIpc) is 3.04. The Morgan fingerprint density at radius 1 is 1.26 bits per heavy atom. The summed E-state index contributed by atoms with van der Waals surface area (Å²) in [6.07, 6.45) is 4.94. The van der Waals surface area contributed by atoms with Gasteiger partial charge in [0.2, 0.25) is 0 Å². The normalized spacial score (nSPS) is 16.0. The van der Waals surface area contributed by atoms with Gasteiger partial charge < -0.3 is 10.4 Å². The molecule has 1 aliphatic carbocycles. The van der Waals surface area contributed by atoms with Gasteiger partial charge in [-0.3, -0.25) is 19.5 Å². The van der Waals surface area contributed by atoms with Gasteiger partial charge in [0.25, 0.3) is 11.5 Å². The van der Waals surface area contributed by atoms with Gasteiger partial charge in [-0.1, -0.05) is 43.5 Å². The fraction of sp³-hybridized carbons (Fsp3) is 0.450. The van der Waals surface area contributed by atoms with E-state index in [0.29, 0.717) is 0 Å². The second-order valence-corrected chi connectivity index (χ2v) is 7.15. The molecule has 7 nitrogen and oxygen atoms in total. The number of carboxylic acid groups (broad SMARTS) is 1. The lowest BCUT2D eigenvalue weighted by Gasteiger charge is -2.22. The number of aromatic nitrogens is 2. The van der Waals surface area contributed by atoms with E-state index >= 15 is 0 Å². The fourth-order valence-corrected chi connectivity index (χ4v) is 3.76. The van der Waals surface area contributed by atoms with Crippen LogP contribution in [0.4, 0.5) is 0 Å². The standard InChI is InChI=1S/C20H25N3O4/c1-13-7-5-6-10-15(13)16(12-19(25)26)21-20(27)17-11-18(24)23(22-17)14-8-3-2-4-9-14/h5-7,10-11,14,16,22H,2-4,8-9,12H2,1H3,(H,21,27)(H,25,26)/t16-/m0/s1. The predicted octanol–water partition coefficient (Wildman–Crippen LogP) is 2.94. The third-order valence-electron chi connectivity index (χ3n) is 5.18. The molecule has 1 atom stereocenters. The zero-order valence-electron chi connectivity index (χ0n) is 15.4. The molecular weight excluding hydrogens is 346 g/mol. The van der Waals surface area contributed by atoms with Crippen LogP contribution in [-0.4, -0.2) is 26.8 Å². The van der Waals surface area contributed by atoms with Gasteiger partial charge in [0, 0.05) is 6.07 Å². The number of aromatic amines is 1. The van der Waals surface area contributed by atoms with Crippen LogP contribution in [-0.2, 0) is 4.79 Å². The summed E-state index contributed by atoms with van der Waals surface area (Å²) < 4.78 is 1.54. The second kappa shape index (κ2) is 8.24. The Balaban J connectivity index is 1.80. The highest BCUT2D eigenvalue weighted by Crippen LogP contribution is 2.26. The predicted molar refractivity (Wildman–Crippen MR) is 101 cm³/mol. The fourth-order valence-electron chi connectivity index (χ4n) is 3.76. The first-order valence-corrected chi connectivity index (χ1v) is 9.35. The molecule has 27 heavy (non-hydrogen) atoms. The molecule has 0 saturated heterocycles. The van der Waals surface area contributed by atoms with Crippen LogP contribution in [0.1, 0.15) is 72.2 Å². The molecule has 144 valence electrons. The van der Waals surface area contributed by atoms with Crippen molar-refractivity contribution in [1.82, 2.24) is 15.1 Å². The summed E-state index contributed by atoms with van der Waals surface area (Å²) in [5, 5.41) is 14.9. The molecule has 0 bridgehead atoms. The molecule has 0 radical (unpaired) electrons. The number of rotatable bonds is 6. The first kappa shape index (κ1) is 18.9. The van der Waals surface area contributed by atoms with Gasteiger partial charge >= 0.3 is 5.97 Å². The Kier molecular flexibility index (Phi) is 5.78. The van der Waals surface area contributed by atoms with Crippen molar-refractivity contribution in [2.24, 2.45) is 0 Å². The summed E-state index contributed by atoms with van der Waals surface area (Å²) in [7, 11) is 0. The van der Waals surface area contributed by atoms with Gasteiger partial charge in [-0.05, 0) is 30.9 Å². The zero-order valence-corrected chi connectivity index (χ0v) is 15.4. The quantitative estimate of drug-likeness (QED) is 0.726. The summed E-state index contributed by atoms with van der Waals surface area (Å²) in [6, 6.07) is 8.07. The van der Waals surface area contributed by atoms with Crippen molar-refractivity contribution < 1.29 is 14.7 Å².